The minimum absolute atomic E-state index is 1.10. The zero-order valence-corrected chi connectivity index (χ0v) is 8.67. The molecule has 0 atom stereocenters. The van der Waals surface area contributed by atoms with Gasteiger partial charge in [0, 0.05) is 0 Å². The second-order valence-corrected chi connectivity index (χ2v) is 3.09. The molecule has 1 rings (SSSR count). The van der Waals surface area contributed by atoms with Gasteiger partial charge >= 0.3 is 0 Å². The van der Waals surface area contributed by atoms with Gasteiger partial charge in [0.15, 0.2) is 0 Å². The molecule has 0 spiro atoms. The predicted octanol–water partition coefficient (Wildman–Crippen LogP) is 3.71. The lowest BCUT2D eigenvalue weighted by atomic mass is 10.1. The molecule has 0 unspecified atom stereocenters. The van der Waals surface area contributed by atoms with Crippen LogP contribution in [-0.2, 0) is 6.42 Å². The van der Waals surface area contributed by atoms with Crippen LogP contribution in [-0.4, -0.2) is 0 Å². The molecule has 0 amide bonds. The first kappa shape index (κ1) is 10.1. The fraction of sp³-hybridized carbons (Fsp3) is 0.167. The van der Waals surface area contributed by atoms with Crippen LogP contribution in [0.2, 0.25) is 0 Å². The van der Waals surface area contributed by atoms with Gasteiger partial charge in [0.05, 0.1) is 0 Å². The Morgan fingerprint density at radius 1 is 1.15 bits per heavy atom. The molecule has 0 saturated heterocycles. The van der Waals surface area contributed by atoms with Gasteiger partial charge in [0.2, 0.25) is 0 Å². The maximum absolute atomic E-state index is 3.97. The summed E-state index contributed by atoms with van der Waals surface area (Å²) < 4.78 is 0. The van der Waals surface area contributed by atoms with Crippen molar-refractivity contribution in [2.75, 3.05) is 0 Å². The zero-order chi connectivity index (χ0) is 9.52. The molecular formula is C12H14S. The van der Waals surface area contributed by atoms with Gasteiger partial charge in [-0.1, -0.05) is 49.4 Å². The van der Waals surface area contributed by atoms with Gasteiger partial charge < -0.3 is 0 Å². The maximum Gasteiger partial charge on any atom is -0.0256 e. The second kappa shape index (κ2) is 5.65. The average Bonchev–Trinajstić information content (AvgIpc) is 2.19. The van der Waals surface area contributed by atoms with E-state index in [0.717, 1.165) is 6.42 Å². The van der Waals surface area contributed by atoms with E-state index in [9.17, 15) is 0 Å². The van der Waals surface area contributed by atoms with Crippen LogP contribution in [0.3, 0.4) is 0 Å². The summed E-state index contributed by atoms with van der Waals surface area (Å²) in [5.41, 5.74) is 2.60. The molecule has 68 valence electrons. The first-order valence-electron chi connectivity index (χ1n) is 4.43. The first-order chi connectivity index (χ1) is 6.36. The van der Waals surface area contributed by atoms with Crippen LogP contribution in [0.1, 0.15) is 18.1 Å². The number of thiol groups is 1. The summed E-state index contributed by atoms with van der Waals surface area (Å²) in [7, 11) is 0. The highest BCUT2D eigenvalue weighted by Gasteiger charge is 1.87. The lowest BCUT2D eigenvalue weighted by Gasteiger charge is -1.96. The Morgan fingerprint density at radius 3 is 2.38 bits per heavy atom. The van der Waals surface area contributed by atoms with Gasteiger partial charge in [-0.2, -0.15) is 12.6 Å². The van der Waals surface area contributed by atoms with Crippen LogP contribution in [0, 0.1) is 0 Å². The van der Waals surface area contributed by atoms with Crippen LogP contribution in [0.25, 0.3) is 6.08 Å². The van der Waals surface area contributed by atoms with Crippen molar-refractivity contribution >= 4 is 18.7 Å². The minimum Gasteiger partial charge on any atom is -0.151 e. The highest BCUT2D eigenvalue weighted by molar-refractivity contribution is 7.83. The van der Waals surface area contributed by atoms with E-state index in [1.165, 1.54) is 11.1 Å². The lowest BCUT2D eigenvalue weighted by molar-refractivity contribution is 1.14. The van der Waals surface area contributed by atoms with Gasteiger partial charge in [0.25, 0.3) is 0 Å². The van der Waals surface area contributed by atoms with Gasteiger partial charge in [-0.25, -0.2) is 0 Å². The van der Waals surface area contributed by atoms with Crippen molar-refractivity contribution in [2.24, 2.45) is 0 Å². The molecule has 0 saturated carbocycles. The van der Waals surface area contributed by atoms with E-state index in [4.69, 9.17) is 0 Å². The molecule has 0 aromatic heterocycles. The predicted molar refractivity (Wildman–Crippen MR) is 63.0 cm³/mol. The number of hydrogen-bond donors (Lipinski definition) is 1. The molecule has 0 radical (unpaired) electrons. The van der Waals surface area contributed by atoms with E-state index in [1.54, 1.807) is 5.41 Å². The SMILES string of the molecule is CCc1ccc(/C=C/C=C\S)cc1. The number of allylic oxidation sites excluding steroid dienone is 2. The van der Waals surface area contributed by atoms with Crippen molar-refractivity contribution < 1.29 is 0 Å². The fourth-order valence-electron chi connectivity index (χ4n) is 1.08. The Morgan fingerprint density at radius 2 is 1.85 bits per heavy atom. The molecule has 0 aliphatic carbocycles. The quantitative estimate of drug-likeness (QED) is 0.545. The molecule has 0 fully saturated rings. The summed E-state index contributed by atoms with van der Waals surface area (Å²) in [5.74, 6) is 0. The van der Waals surface area contributed by atoms with Gasteiger partial charge in [-0.05, 0) is 23.0 Å². The maximum atomic E-state index is 3.97. The summed E-state index contributed by atoms with van der Waals surface area (Å²) >= 11 is 3.97. The Labute approximate surface area is 85.4 Å². The molecule has 0 bridgehead atoms. The molecule has 0 nitrogen and oxygen atoms in total. The molecule has 0 N–H and O–H groups in total. The van der Waals surface area contributed by atoms with Crippen molar-refractivity contribution in [3.05, 3.63) is 53.0 Å². The highest BCUT2D eigenvalue weighted by Crippen LogP contribution is 2.06. The smallest absolute Gasteiger partial charge is 0.0256 e. The zero-order valence-electron chi connectivity index (χ0n) is 7.77. The van der Waals surface area contributed by atoms with Crippen molar-refractivity contribution in [2.45, 2.75) is 13.3 Å². The van der Waals surface area contributed by atoms with Gasteiger partial charge in [-0.15, -0.1) is 0 Å². The number of rotatable bonds is 3. The molecule has 1 aromatic rings. The Hall–Kier alpha value is -0.950. The monoisotopic (exact) mass is 190 g/mol. The van der Waals surface area contributed by atoms with E-state index < -0.39 is 0 Å². The van der Waals surface area contributed by atoms with Crippen LogP contribution in [0.5, 0.6) is 0 Å². The van der Waals surface area contributed by atoms with Crippen molar-refractivity contribution in [1.82, 2.24) is 0 Å². The highest BCUT2D eigenvalue weighted by atomic mass is 32.1. The van der Waals surface area contributed by atoms with Crippen molar-refractivity contribution in [3.8, 4) is 0 Å². The summed E-state index contributed by atoms with van der Waals surface area (Å²) in [6.07, 6.45) is 7.04. The van der Waals surface area contributed by atoms with Crippen molar-refractivity contribution in [1.29, 1.82) is 0 Å². The van der Waals surface area contributed by atoms with E-state index in [2.05, 4.69) is 49.9 Å². The van der Waals surface area contributed by atoms with E-state index in [-0.39, 0.29) is 0 Å². The third kappa shape index (κ3) is 3.51. The summed E-state index contributed by atoms with van der Waals surface area (Å²) in [6.45, 7) is 2.16. The summed E-state index contributed by atoms with van der Waals surface area (Å²) in [6, 6.07) is 8.57. The largest absolute Gasteiger partial charge is 0.151 e. The lowest BCUT2D eigenvalue weighted by Crippen LogP contribution is -1.78. The van der Waals surface area contributed by atoms with Crippen LogP contribution >= 0.6 is 12.6 Å². The van der Waals surface area contributed by atoms with Crippen LogP contribution < -0.4 is 0 Å². The summed E-state index contributed by atoms with van der Waals surface area (Å²) in [5, 5.41) is 1.72. The van der Waals surface area contributed by atoms with E-state index in [0.29, 0.717) is 0 Å². The molecule has 1 heteroatoms. The molecule has 0 heterocycles. The molecule has 0 aliphatic heterocycles. The fourth-order valence-corrected chi connectivity index (χ4v) is 1.18. The molecular weight excluding hydrogens is 176 g/mol. The van der Waals surface area contributed by atoms with E-state index in [1.807, 2.05) is 12.2 Å². The summed E-state index contributed by atoms with van der Waals surface area (Å²) in [4.78, 5) is 0. The number of benzene rings is 1. The van der Waals surface area contributed by atoms with Crippen molar-refractivity contribution in [3.63, 3.8) is 0 Å². The topological polar surface area (TPSA) is 0 Å². The number of aryl methyl sites for hydroxylation is 1. The van der Waals surface area contributed by atoms with Gasteiger partial charge in [-0.3, -0.25) is 0 Å². The Balaban J connectivity index is 2.69. The Bertz CT molecular complexity index is 293. The first-order valence-corrected chi connectivity index (χ1v) is 4.95. The van der Waals surface area contributed by atoms with Crippen LogP contribution in [0.4, 0.5) is 0 Å². The number of hydrogen-bond acceptors (Lipinski definition) is 1. The molecule has 1 aromatic carbocycles. The van der Waals surface area contributed by atoms with Crippen LogP contribution in [0.15, 0.2) is 41.8 Å². The molecule has 13 heavy (non-hydrogen) atoms. The third-order valence-corrected chi connectivity index (χ3v) is 2.05. The van der Waals surface area contributed by atoms with Gasteiger partial charge in [0.1, 0.15) is 0 Å². The molecule has 0 aliphatic rings. The average molecular weight is 190 g/mol. The second-order valence-electron chi connectivity index (χ2n) is 2.80. The third-order valence-electron chi connectivity index (χ3n) is 1.87. The van der Waals surface area contributed by atoms with E-state index >= 15 is 0 Å². The minimum atomic E-state index is 1.10. The normalized spacial score (nSPS) is 11.5. The standard InChI is InChI=1S/C12H14S/c1-2-11-6-8-12(9-7-11)5-3-4-10-13/h3-10,13H,2H2,1H3/b5-3+,10-4-. The Kier molecular flexibility index (Phi) is 4.41.